The Labute approximate surface area is 143 Å². The van der Waals surface area contributed by atoms with Crippen LogP contribution in [0.3, 0.4) is 0 Å². The number of aromatic carboxylic acids is 1. The number of carboxylic acid groups (broad SMARTS) is 1. The summed E-state index contributed by atoms with van der Waals surface area (Å²) in [5.41, 5.74) is 0.779. The van der Waals surface area contributed by atoms with Gasteiger partial charge in [-0.15, -0.1) is 0 Å². The molecule has 0 bridgehead atoms. The van der Waals surface area contributed by atoms with Crippen LogP contribution in [-0.2, 0) is 4.79 Å². The second kappa shape index (κ2) is 7.21. The summed E-state index contributed by atoms with van der Waals surface area (Å²) in [5.74, 6) is -1.23. The van der Waals surface area contributed by atoms with Crippen LogP contribution in [0.2, 0.25) is 0 Å². The maximum atomic E-state index is 12.2. The number of nitrogens with one attached hydrogen (secondary N) is 1. The minimum Gasteiger partial charge on any atom is -0.478 e. The lowest BCUT2D eigenvalue weighted by atomic mass is 9.95. The first-order chi connectivity index (χ1) is 11.2. The summed E-state index contributed by atoms with van der Waals surface area (Å²) in [7, 11) is 2.09. The van der Waals surface area contributed by atoms with Gasteiger partial charge in [-0.25, -0.2) is 4.79 Å². The molecule has 0 aromatic heterocycles. The molecular weight excluding hydrogens is 306 g/mol. The van der Waals surface area contributed by atoms with Crippen LogP contribution in [-0.4, -0.2) is 55.1 Å². The second-order valence-electron chi connectivity index (χ2n) is 7.38. The van der Waals surface area contributed by atoms with Gasteiger partial charge >= 0.3 is 5.97 Å². The number of amides is 1. The normalized spacial score (nSPS) is 16.6. The number of carbonyl (C=O) groups is 2. The van der Waals surface area contributed by atoms with Gasteiger partial charge < -0.3 is 20.2 Å². The van der Waals surface area contributed by atoms with Gasteiger partial charge in [0, 0.05) is 30.7 Å². The highest BCUT2D eigenvalue weighted by atomic mass is 16.4. The molecule has 1 fully saturated rings. The molecule has 0 atom stereocenters. The topological polar surface area (TPSA) is 72.9 Å². The van der Waals surface area contributed by atoms with Crippen molar-refractivity contribution < 1.29 is 14.7 Å². The van der Waals surface area contributed by atoms with E-state index < -0.39 is 11.4 Å². The average Bonchev–Trinajstić information content (AvgIpc) is 2.71. The maximum absolute atomic E-state index is 12.2. The largest absolute Gasteiger partial charge is 0.478 e. The number of hydrogen-bond donors (Lipinski definition) is 2. The van der Waals surface area contributed by atoms with Crippen molar-refractivity contribution in [3.05, 3.63) is 23.8 Å². The SMILES string of the molecule is CN1CCCN(c2ccc(NC(=O)C(C)(C)C)c(C(=O)O)c2)CC1. The lowest BCUT2D eigenvalue weighted by Crippen LogP contribution is -2.30. The Morgan fingerprint density at radius 1 is 1.12 bits per heavy atom. The number of benzene rings is 1. The molecule has 6 heteroatoms. The highest BCUT2D eigenvalue weighted by molar-refractivity contribution is 6.02. The monoisotopic (exact) mass is 333 g/mol. The second-order valence-corrected chi connectivity index (χ2v) is 7.38. The van der Waals surface area contributed by atoms with E-state index in [9.17, 15) is 14.7 Å². The molecular formula is C18H27N3O3. The third-order valence-electron chi connectivity index (χ3n) is 4.25. The fourth-order valence-electron chi connectivity index (χ4n) is 2.63. The fourth-order valence-corrected chi connectivity index (χ4v) is 2.63. The van der Waals surface area contributed by atoms with Gasteiger partial charge in [0.1, 0.15) is 0 Å². The lowest BCUT2D eigenvalue weighted by molar-refractivity contribution is -0.123. The number of hydrogen-bond acceptors (Lipinski definition) is 4. The predicted octanol–water partition coefficient (Wildman–Crippen LogP) is 2.51. The van der Waals surface area contributed by atoms with Gasteiger partial charge in [0.25, 0.3) is 0 Å². The molecule has 0 spiro atoms. The van der Waals surface area contributed by atoms with Gasteiger partial charge in [-0.2, -0.15) is 0 Å². The minimum absolute atomic E-state index is 0.128. The number of anilines is 2. The molecule has 0 unspecified atom stereocenters. The van der Waals surface area contributed by atoms with Gasteiger partial charge in [0.05, 0.1) is 11.3 Å². The Bertz CT molecular complexity index is 622. The van der Waals surface area contributed by atoms with Crippen LogP contribution in [0.25, 0.3) is 0 Å². The summed E-state index contributed by atoms with van der Waals surface area (Å²) >= 11 is 0. The summed E-state index contributed by atoms with van der Waals surface area (Å²) in [5, 5.41) is 12.3. The molecule has 1 aromatic rings. The van der Waals surface area contributed by atoms with E-state index in [1.165, 1.54) is 0 Å². The fraction of sp³-hybridized carbons (Fsp3) is 0.556. The van der Waals surface area contributed by atoms with Crippen LogP contribution < -0.4 is 10.2 Å². The van der Waals surface area contributed by atoms with Crippen molar-refractivity contribution in [1.82, 2.24) is 4.90 Å². The Morgan fingerprint density at radius 2 is 1.83 bits per heavy atom. The molecule has 132 valence electrons. The quantitative estimate of drug-likeness (QED) is 0.889. The van der Waals surface area contributed by atoms with Crippen molar-refractivity contribution in [3.63, 3.8) is 0 Å². The van der Waals surface area contributed by atoms with Crippen molar-refractivity contribution in [2.24, 2.45) is 5.41 Å². The van der Waals surface area contributed by atoms with E-state index in [1.807, 2.05) is 6.07 Å². The smallest absolute Gasteiger partial charge is 0.337 e. The summed E-state index contributed by atoms with van der Waals surface area (Å²) in [6.45, 7) is 9.15. The molecule has 1 amide bonds. The first-order valence-electron chi connectivity index (χ1n) is 8.31. The maximum Gasteiger partial charge on any atom is 0.337 e. The summed E-state index contributed by atoms with van der Waals surface area (Å²) in [4.78, 5) is 28.3. The van der Waals surface area contributed by atoms with Crippen molar-refractivity contribution in [1.29, 1.82) is 0 Å². The molecule has 1 saturated heterocycles. The zero-order valence-corrected chi connectivity index (χ0v) is 14.9. The van der Waals surface area contributed by atoms with Gasteiger partial charge in [-0.3, -0.25) is 4.79 Å². The zero-order chi connectivity index (χ0) is 17.9. The van der Waals surface area contributed by atoms with Crippen LogP contribution in [0, 0.1) is 5.41 Å². The summed E-state index contributed by atoms with van der Waals surface area (Å²) < 4.78 is 0. The molecule has 24 heavy (non-hydrogen) atoms. The van der Waals surface area contributed by atoms with Gasteiger partial charge in [-0.05, 0) is 38.2 Å². The molecule has 0 radical (unpaired) electrons. The number of carboxylic acids is 1. The molecule has 6 nitrogen and oxygen atoms in total. The molecule has 0 saturated carbocycles. The van der Waals surface area contributed by atoms with Crippen molar-refractivity contribution in [2.75, 3.05) is 43.4 Å². The van der Waals surface area contributed by atoms with E-state index in [0.29, 0.717) is 5.69 Å². The van der Waals surface area contributed by atoms with Gasteiger partial charge in [-0.1, -0.05) is 20.8 Å². The minimum atomic E-state index is -1.03. The number of nitrogens with zero attached hydrogens (tertiary/aromatic N) is 2. The third-order valence-corrected chi connectivity index (χ3v) is 4.25. The Balaban J connectivity index is 2.26. The van der Waals surface area contributed by atoms with Crippen molar-refractivity contribution in [3.8, 4) is 0 Å². The third kappa shape index (κ3) is 4.47. The molecule has 0 aliphatic carbocycles. The first kappa shape index (κ1) is 18.3. The Hall–Kier alpha value is -2.08. The molecule has 1 heterocycles. The van der Waals surface area contributed by atoms with E-state index in [4.69, 9.17) is 0 Å². The van der Waals surface area contributed by atoms with E-state index in [-0.39, 0.29) is 11.5 Å². The highest BCUT2D eigenvalue weighted by Crippen LogP contribution is 2.26. The van der Waals surface area contributed by atoms with E-state index in [1.54, 1.807) is 32.9 Å². The van der Waals surface area contributed by atoms with Crippen LogP contribution >= 0.6 is 0 Å². The van der Waals surface area contributed by atoms with Crippen LogP contribution in [0.1, 0.15) is 37.6 Å². The number of carbonyl (C=O) groups excluding carboxylic acids is 1. The zero-order valence-electron chi connectivity index (χ0n) is 14.9. The lowest BCUT2D eigenvalue weighted by Gasteiger charge is -2.24. The van der Waals surface area contributed by atoms with Crippen molar-refractivity contribution >= 4 is 23.3 Å². The number of rotatable bonds is 3. The highest BCUT2D eigenvalue weighted by Gasteiger charge is 2.24. The molecule has 1 aliphatic rings. The standard InChI is InChI=1S/C18H27N3O3/c1-18(2,3)17(24)19-15-7-6-13(12-14(15)16(22)23)21-9-5-8-20(4)10-11-21/h6-7,12H,5,8-11H2,1-4H3,(H,19,24)(H,22,23). The van der Waals surface area contributed by atoms with Crippen LogP contribution in [0.5, 0.6) is 0 Å². The molecule has 2 rings (SSSR count). The molecule has 1 aromatic carbocycles. The average molecular weight is 333 g/mol. The Kier molecular flexibility index (Phi) is 5.49. The van der Waals surface area contributed by atoms with Gasteiger partial charge in [0.2, 0.25) is 5.91 Å². The van der Waals surface area contributed by atoms with Crippen LogP contribution in [0.15, 0.2) is 18.2 Å². The summed E-state index contributed by atoms with van der Waals surface area (Å²) in [6, 6.07) is 5.24. The van der Waals surface area contributed by atoms with E-state index >= 15 is 0 Å². The number of likely N-dealkylation sites (N-methyl/N-ethyl adjacent to an activating group) is 1. The molecule has 1 aliphatic heterocycles. The predicted molar refractivity (Wildman–Crippen MR) is 95.8 cm³/mol. The summed E-state index contributed by atoms with van der Waals surface area (Å²) in [6.07, 6.45) is 1.04. The Morgan fingerprint density at radius 3 is 2.46 bits per heavy atom. The van der Waals surface area contributed by atoms with Gasteiger partial charge in [0.15, 0.2) is 0 Å². The van der Waals surface area contributed by atoms with Crippen LogP contribution in [0.4, 0.5) is 11.4 Å². The first-order valence-corrected chi connectivity index (χ1v) is 8.31. The van der Waals surface area contributed by atoms with E-state index in [2.05, 4.69) is 22.2 Å². The van der Waals surface area contributed by atoms with Crippen molar-refractivity contribution in [2.45, 2.75) is 27.2 Å². The van der Waals surface area contributed by atoms with E-state index in [0.717, 1.165) is 38.3 Å². The molecule has 2 N–H and O–H groups in total.